The molecule has 0 radical (unpaired) electrons. The van der Waals surface area contributed by atoms with Crippen molar-refractivity contribution in [1.29, 1.82) is 0 Å². The topological polar surface area (TPSA) is 72.8 Å². The first-order chi connectivity index (χ1) is 10.9. The van der Waals surface area contributed by atoms with Crippen LogP contribution < -0.4 is 0 Å². The summed E-state index contributed by atoms with van der Waals surface area (Å²) < 4.78 is 10.6. The van der Waals surface area contributed by atoms with Gasteiger partial charge in [0.2, 0.25) is 0 Å². The van der Waals surface area contributed by atoms with Crippen LogP contribution in [0, 0.1) is 0 Å². The van der Waals surface area contributed by atoms with E-state index in [0.29, 0.717) is 0 Å². The molecule has 0 heterocycles. The van der Waals surface area contributed by atoms with Gasteiger partial charge in [0.05, 0.1) is 0 Å². The van der Waals surface area contributed by atoms with Crippen LogP contribution in [0.2, 0.25) is 0 Å². The van der Waals surface area contributed by atoms with E-state index in [9.17, 15) is 14.7 Å². The predicted molar refractivity (Wildman–Crippen MR) is 84.7 cm³/mol. The third-order valence-corrected chi connectivity index (χ3v) is 4.03. The average molecular weight is 318 g/mol. The smallest absolute Gasteiger partial charge is 0.345 e. The third-order valence-electron chi connectivity index (χ3n) is 4.03. The second-order valence-electron chi connectivity index (χ2n) is 5.93. The molecule has 1 aliphatic carbocycles. The van der Waals surface area contributed by atoms with Gasteiger partial charge in [-0.25, -0.2) is 9.59 Å². The normalized spacial score (nSPS) is 16.4. The summed E-state index contributed by atoms with van der Waals surface area (Å²) in [5.74, 6) is -1.01. The van der Waals surface area contributed by atoms with Crippen molar-refractivity contribution in [3.05, 3.63) is 42.0 Å². The van der Waals surface area contributed by atoms with Crippen molar-refractivity contribution in [2.24, 2.45) is 0 Å². The maximum Gasteiger partial charge on any atom is 0.345 e. The molecule has 5 heteroatoms. The second kappa shape index (κ2) is 7.31. The highest BCUT2D eigenvalue weighted by molar-refractivity contribution is 5.88. The lowest BCUT2D eigenvalue weighted by molar-refractivity contribution is -0.173. The summed E-state index contributed by atoms with van der Waals surface area (Å²) in [6, 6.07) is 6.71. The van der Waals surface area contributed by atoms with Crippen LogP contribution in [0.25, 0.3) is 0 Å². The third kappa shape index (κ3) is 4.34. The summed E-state index contributed by atoms with van der Waals surface area (Å²) >= 11 is 0. The molecule has 1 aliphatic rings. The van der Waals surface area contributed by atoms with Crippen molar-refractivity contribution in [3.8, 4) is 5.75 Å². The number of hydrogen-bond acceptors (Lipinski definition) is 5. The molecule has 0 atom stereocenters. The monoisotopic (exact) mass is 318 g/mol. The van der Waals surface area contributed by atoms with Crippen LogP contribution in [0.3, 0.4) is 0 Å². The molecule has 23 heavy (non-hydrogen) atoms. The first-order valence-corrected chi connectivity index (χ1v) is 7.77. The molecule has 0 saturated heterocycles. The fourth-order valence-corrected chi connectivity index (χ4v) is 2.83. The van der Waals surface area contributed by atoms with Gasteiger partial charge in [0.1, 0.15) is 11.4 Å². The zero-order valence-corrected chi connectivity index (χ0v) is 13.3. The SMILES string of the molecule is C=C(C)C(=O)OCC(=O)OC1(c2ccc(O)cc2)CCCCC1. The fourth-order valence-electron chi connectivity index (χ4n) is 2.83. The zero-order chi connectivity index (χ0) is 16.9. The highest BCUT2D eigenvalue weighted by atomic mass is 16.6. The number of phenolic OH excluding ortho intramolecular Hbond substituents is 1. The van der Waals surface area contributed by atoms with Crippen LogP contribution in [0.5, 0.6) is 5.75 Å². The van der Waals surface area contributed by atoms with E-state index < -0.39 is 24.1 Å². The Morgan fingerprint density at radius 1 is 1.17 bits per heavy atom. The molecule has 0 amide bonds. The Bertz CT molecular complexity index is 582. The van der Waals surface area contributed by atoms with Crippen molar-refractivity contribution < 1.29 is 24.2 Å². The number of carbonyl (C=O) groups is 2. The van der Waals surface area contributed by atoms with Gasteiger partial charge in [-0.05, 0) is 50.3 Å². The molecule has 2 rings (SSSR count). The molecule has 0 unspecified atom stereocenters. The van der Waals surface area contributed by atoms with Crippen LogP contribution in [0.4, 0.5) is 0 Å². The molecule has 1 fully saturated rings. The number of rotatable bonds is 5. The van der Waals surface area contributed by atoms with E-state index in [2.05, 4.69) is 6.58 Å². The average Bonchev–Trinajstić information content (AvgIpc) is 2.54. The summed E-state index contributed by atoms with van der Waals surface area (Å²) in [5, 5.41) is 9.44. The molecule has 1 aromatic carbocycles. The van der Waals surface area contributed by atoms with Crippen LogP contribution >= 0.6 is 0 Å². The van der Waals surface area contributed by atoms with Crippen molar-refractivity contribution >= 4 is 11.9 Å². The zero-order valence-electron chi connectivity index (χ0n) is 13.3. The predicted octanol–water partition coefficient (Wildman–Crippen LogP) is 3.21. The highest BCUT2D eigenvalue weighted by Gasteiger charge is 2.38. The van der Waals surface area contributed by atoms with Gasteiger partial charge in [0.25, 0.3) is 0 Å². The van der Waals surface area contributed by atoms with E-state index in [1.165, 1.54) is 6.92 Å². The van der Waals surface area contributed by atoms with Gasteiger partial charge >= 0.3 is 11.9 Å². The Labute approximate surface area is 135 Å². The largest absolute Gasteiger partial charge is 0.508 e. The summed E-state index contributed by atoms with van der Waals surface area (Å²) in [6.45, 7) is 4.56. The molecular weight excluding hydrogens is 296 g/mol. The second-order valence-corrected chi connectivity index (χ2v) is 5.93. The van der Waals surface area contributed by atoms with E-state index in [1.54, 1.807) is 24.3 Å². The Kier molecular flexibility index (Phi) is 5.42. The van der Waals surface area contributed by atoms with Gasteiger partial charge in [-0.15, -0.1) is 0 Å². The standard InChI is InChI=1S/C18H22O5/c1-13(2)17(21)22-12-16(20)23-18(10-4-3-5-11-18)14-6-8-15(19)9-7-14/h6-9,19H,1,3-5,10-12H2,2H3. The maximum atomic E-state index is 12.1. The molecule has 0 aliphatic heterocycles. The Hall–Kier alpha value is -2.30. The number of benzene rings is 1. The van der Waals surface area contributed by atoms with Crippen molar-refractivity contribution in [3.63, 3.8) is 0 Å². The lowest BCUT2D eigenvalue weighted by Gasteiger charge is -2.37. The fraction of sp³-hybridized carbons (Fsp3) is 0.444. The van der Waals surface area contributed by atoms with E-state index in [-0.39, 0.29) is 11.3 Å². The maximum absolute atomic E-state index is 12.1. The molecule has 124 valence electrons. The number of hydrogen-bond donors (Lipinski definition) is 1. The molecule has 0 bridgehead atoms. The quantitative estimate of drug-likeness (QED) is 0.666. The van der Waals surface area contributed by atoms with Crippen LogP contribution in [-0.2, 0) is 24.7 Å². The minimum atomic E-state index is -0.710. The Balaban J connectivity index is 2.09. The molecule has 1 N–H and O–H groups in total. The number of aromatic hydroxyl groups is 1. The summed E-state index contributed by atoms with van der Waals surface area (Å²) in [6.07, 6.45) is 4.46. The first kappa shape index (κ1) is 17.1. The van der Waals surface area contributed by atoms with Crippen molar-refractivity contribution in [1.82, 2.24) is 0 Å². The summed E-state index contributed by atoms with van der Waals surface area (Å²) in [4.78, 5) is 23.5. The van der Waals surface area contributed by atoms with Gasteiger partial charge in [-0.2, -0.15) is 0 Å². The van der Waals surface area contributed by atoms with E-state index in [4.69, 9.17) is 9.47 Å². The Morgan fingerprint density at radius 3 is 2.35 bits per heavy atom. The number of ether oxygens (including phenoxy) is 2. The summed E-state index contributed by atoms with van der Waals surface area (Å²) in [7, 11) is 0. The molecule has 0 aromatic heterocycles. The molecule has 0 spiro atoms. The van der Waals surface area contributed by atoms with Gasteiger partial charge in [0.15, 0.2) is 6.61 Å². The number of carbonyl (C=O) groups excluding carboxylic acids is 2. The minimum Gasteiger partial charge on any atom is -0.508 e. The van der Waals surface area contributed by atoms with Crippen molar-refractivity contribution in [2.45, 2.75) is 44.6 Å². The minimum absolute atomic E-state index is 0.168. The van der Waals surface area contributed by atoms with Crippen LogP contribution in [0.15, 0.2) is 36.4 Å². The first-order valence-electron chi connectivity index (χ1n) is 7.77. The highest BCUT2D eigenvalue weighted by Crippen LogP contribution is 2.41. The van der Waals surface area contributed by atoms with E-state index in [1.807, 2.05) is 0 Å². The van der Waals surface area contributed by atoms with Crippen LogP contribution in [0.1, 0.15) is 44.6 Å². The van der Waals surface area contributed by atoms with E-state index >= 15 is 0 Å². The lowest BCUT2D eigenvalue weighted by Crippen LogP contribution is -2.36. The summed E-state index contributed by atoms with van der Waals surface area (Å²) in [5.41, 5.74) is 0.386. The van der Waals surface area contributed by atoms with Gasteiger partial charge < -0.3 is 14.6 Å². The van der Waals surface area contributed by atoms with Crippen molar-refractivity contribution in [2.75, 3.05) is 6.61 Å². The van der Waals surface area contributed by atoms with Gasteiger partial charge in [-0.3, -0.25) is 0 Å². The van der Waals surface area contributed by atoms with Crippen LogP contribution in [-0.4, -0.2) is 23.7 Å². The number of esters is 2. The lowest BCUT2D eigenvalue weighted by atomic mass is 9.79. The van der Waals surface area contributed by atoms with Gasteiger partial charge in [-0.1, -0.05) is 25.1 Å². The molecule has 5 nitrogen and oxygen atoms in total. The molecule has 1 aromatic rings. The molecule has 1 saturated carbocycles. The van der Waals surface area contributed by atoms with Gasteiger partial charge in [0, 0.05) is 5.57 Å². The van der Waals surface area contributed by atoms with E-state index in [0.717, 1.165) is 37.7 Å². The molecular formula is C18H22O5. The Morgan fingerprint density at radius 2 is 1.78 bits per heavy atom. The number of phenols is 1.